The predicted molar refractivity (Wildman–Crippen MR) is 124 cm³/mol. The number of nitrogens with one attached hydrogen (secondary N) is 2. The van der Waals surface area contributed by atoms with Crippen LogP contribution in [0.1, 0.15) is 55.2 Å². The summed E-state index contributed by atoms with van der Waals surface area (Å²) in [6, 6.07) is 5.47. The van der Waals surface area contributed by atoms with Gasteiger partial charge < -0.3 is 5.32 Å². The highest BCUT2D eigenvalue weighted by Crippen LogP contribution is 2.65. The van der Waals surface area contributed by atoms with Crippen molar-refractivity contribution in [1.82, 2.24) is 34.9 Å². The lowest BCUT2D eigenvalue weighted by Crippen LogP contribution is -2.39. The van der Waals surface area contributed by atoms with E-state index in [0.29, 0.717) is 22.5 Å². The van der Waals surface area contributed by atoms with Crippen molar-refractivity contribution in [2.24, 2.45) is 23.2 Å². The molecule has 3 aromatic rings. The van der Waals surface area contributed by atoms with Gasteiger partial charge in [0.1, 0.15) is 17.9 Å². The number of nitrogens with zero attached hydrogens (tertiary/aromatic N) is 6. The lowest BCUT2D eigenvalue weighted by Gasteiger charge is -2.33. The first-order valence-corrected chi connectivity index (χ1v) is 13.5. The van der Waals surface area contributed by atoms with Crippen LogP contribution in [0.4, 0.5) is 5.95 Å². The van der Waals surface area contributed by atoms with Crippen molar-refractivity contribution in [3.05, 3.63) is 35.8 Å². The van der Waals surface area contributed by atoms with Crippen LogP contribution < -0.4 is 10.0 Å². The smallest absolute Gasteiger partial charge is 0.276 e. The van der Waals surface area contributed by atoms with Gasteiger partial charge in [-0.1, -0.05) is 11.2 Å². The average Bonchev–Trinajstić information content (AvgIpc) is 3.52. The molecule has 0 aromatic carbocycles. The maximum Gasteiger partial charge on any atom is 0.276 e. The predicted octanol–water partition coefficient (Wildman–Crippen LogP) is 1.69. The van der Waals surface area contributed by atoms with E-state index in [9.17, 15) is 13.2 Å². The van der Waals surface area contributed by atoms with Gasteiger partial charge in [0.05, 0.1) is 11.4 Å². The number of amides is 1. The zero-order valence-corrected chi connectivity index (χ0v) is 19.8. The SMILES string of the molecule is CCS(=O)(=O)Nc1nnn(Cc2cn3c(C(=O)NCC45CC6CC(CC4C6)C5)cccc3n2)n1. The second-order valence-electron chi connectivity index (χ2n) is 10.1. The normalized spacial score (nSPS) is 27.5. The van der Waals surface area contributed by atoms with E-state index in [0.717, 1.165) is 24.3 Å². The molecule has 2 atom stereocenters. The molecule has 1 amide bonds. The van der Waals surface area contributed by atoms with Crippen LogP contribution in [0.25, 0.3) is 5.65 Å². The molecule has 34 heavy (non-hydrogen) atoms. The number of imidazole rings is 1. The molecule has 0 spiro atoms. The topological polar surface area (TPSA) is 136 Å². The van der Waals surface area contributed by atoms with E-state index in [4.69, 9.17) is 0 Å². The first-order valence-electron chi connectivity index (χ1n) is 11.9. The first kappa shape index (κ1) is 21.5. The molecule has 0 radical (unpaired) electrons. The second-order valence-corrected chi connectivity index (χ2v) is 12.1. The summed E-state index contributed by atoms with van der Waals surface area (Å²) in [5, 5.41) is 14.9. The fourth-order valence-corrected chi connectivity index (χ4v) is 7.13. The Morgan fingerprint density at radius 1 is 1.21 bits per heavy atom. The van der Waals surface area contributed by atoms with Crippen molar-refractivity contribution >= 4 is 27.5 Å². The lowest BCUT2D eigenvalue weighted by atomic mass is 9.75. The molecule has 4 saturated carbocycles. The van der Waals surface area contributed by atoms with Gasteiger partial charge in [-0.25, -0.2) is 18.1 Å². The number of carbonyl (C=O) groups is 1. The Kier molecular flexibility index (Phi) is 4.91. The zero-order chi connectivity index (χ0) is 23.5. The summed E-state index contributed by atoms with van der Waals surface area (Å²) in [6.07, 6.45) is 8.36. The number of sulfonamides is 1. The van der Waals surface area contributed by atoms with E-state index in [1.807, 2.05) is 12.1 Å². The summed E-state index contributed by atoms with van der Waals surface area (Å²) in [4.78, 5) is 19.0. The minimum absolute atomic E-state index is 0.0816. The Labute approximate surface area is 197 Å². The van der Waals surface area contributed by atoms with E-state index in [1.165, 1.54) is 43.8 Å². The van der Waals surface area contributed by atoms with E-state index in [1.54, 1.807) is 16.7 Å². The third-order valence-electron chi connectivity index (χ3n) is 7.92. The van der Waals surface area contributed by atoms with Gasteiger partial charge in [0.25, 0.3) is 11.9 Å². The van der Waals surface area contributed by atoms with Gasteiger partial charge in [0.15, 0.2) is 0 Å². The number of hydrogen-bond acceptors (Lipinski definition) is 7. The number of aromatic nitrogens is 6. The molecule has 3 aromatic heterocycles. The summed E-state index contributed by atoms with van der Waals surface area (Å²) in [5.74, 6) is 2.23. The van der Waals surface area contributed by atoms with Crippen molar-refractivity contribution in [2.45, 2.75) is 45.6 Å². The molecule has 4 bridgehead atoms. The molecule has 3 heterocycles. The van der Waals surface area contributed by atoms with E-state index < -0.39 is 10.0 Å². The largest absolute Gasteiger partial charge is 0.350 e. The molecule has 11 nitrogen and oxygen atoms in total. The van der Waals surface area contributed by atoms with Gasteiger partial charge in [-0.15, -0.1) is 5.10 Å². The minimum atomic E-state index is -3.48. The minimum Gasteiger partial charge on any atom is -0.350 e. The second kappa shape index (κ2) is 7.76. The van der Waals surface area contributed by atoms with Crippen LogP contribution in [-0.4, -0.2) is 56.2 Å². The monoisotopic (exact) mass is 484 g/mol. The first-order chi connectivity index (χ1) is 16.3. The number of hydrogen-bond donors (Lipinski definition) is 2. The summed E-state index contributed by atoms with van der Waals surface area (Å²) < 4.78 is 27.4. The van der Waals surface area contributed by atoms with Crippen LogP contribution in [0.2, 0.25) is 0 Å². The Morgan fingerprint density at radius 3 is 2.76 bits per heavy atom. The van der Waals surface area contributed by atoms with Crippen LogP contribution in [0, 0.1) is 23.2 Å². The quantitative estimate of drug-likeness (QED) is 0.496. The molecule has 0 aliphatic heterocycles. The molecule has 2 unspecified atom stereocenters. The summed E-state index contributed by atoms with van der Waals surface area (Å²) in [6.45, 7) is 2.47. The Bertz CT molecular complexity index is 1350. The van der Waals surface area contributed by atoms with Crippen LogP contribution in [0.5, 0.6) is 0 Å². The van der Waals surface area contributed by atoms with Crippen LogP contribution in [-0.2, 0) is 16.6 Å². The van der Waals surface area contributed by atoms with Gasteiger partial charge in [0, 0.05) is 12.7 Å². The van der Waals surface area contributed by atoms with Crippen molar-refractivity contribution in [3.63, 3.8) is 0 Å². The molecule has 12 heteroatoms. The number of rotatable bonds is 8. The maximum absolute atomic E-state index is 13.2. The van der Waals surface area contributed by atoms with Crippen LogP contribution in [0.15, 0.2) is 24.4 Å². The third-order valence-corrected chi connectivity index (χ3v) is 9.17. The summed E-state index contributed by atoms with van der Waals surface area (Å²) >= 11 is 0. The molecule has 4 aliphatic rings. The molecule has 180 valence electrons. The van der Waals surface area contributed by atoms with Crippen molar-refractivity contribution in [2.75, 3.05) is 17.0 Å². The van der Waals surface area contributed by atoms with Gasteiger partial charge in [-0.2, -0.15) is 4.80 Å². The number of pyridine rings is 1. The van der Waals surface area contributed by atoms with Gasteiger partial charge in [-0.3, -0.25) is 9.20 Å². The molecule has 4 aliphatic carbocycles. The third kappa shape index (κ3) is 3.73. The fourth-order valence-electron chi connectivity index (χ4n) is 6.63. The van der Waals surface area contributed by atoms with Crippen molar-refractivity contribution in [3.8, 4) is 0 Å². The standard InChI is InChI=1S/C22H28N8O3S/c1-2-34(32,33)27-21-25-28-30(26-21)12-17-11-29-18(4-3-5-19(29)24-17)20(31)23-13-22-9-14-6-15(10-22)8-16(22)7-14/h3-5,11,14-16H,2,6-10,12-13H2,1H3,(H,23,31)(H,26,27). The van der Waals surface area contributed by atoms with E-state index >= 15 is 0 Å². The zero-order valence-electron chi connectivity index (χ0n) is 19.0. The summed E-state index contributed by atoms with van der Waals surface area (Å²) in [5.41, 5.74) is 2.11. The fraction of sp³-hybridized carbons (Fsp3) is 0.591. The molecule has 2 N–H and O–H groups in total. The van der Waals surface area contributed by atoms with Crippen LogP contribution >= 0.6 is 0 Å². The van der Waals surface area contributed by atoms with E-state index in [-0.39, 0.29) is 24.2 Å². The Hall–Kier alpha value is -3.02. The number of carbonyl (C=O) groups excluding carboxylic acids is 1. The van der Waals surface area contributed by atoms with Gasteiger partial charge in [-0.05, 0) is 79.5 Å². The van der Waals surface area contributed by atoms with Crippen molar-refractivity contribution < 1.29 is 13.2 Å². The molecular formula is C22H28N8O3S. The van der Waals surface area contributed by atoms with Gasteiger partial charge >= 0.3 is 0 Å². The van der Waals surface area contributed by atoms with Crippen LogP contribution in [0.3, 0.4) is 0 Å². The van der Waals surface area contributed by atoms with Gasteiger partial charge in [0.2, 0.25) is 10.0 Å². The Balaban J connectivity index is 1.17. The Morgan fingerprint density at radius 2 is 2.00 bits per heavy atom. The number of anilines is 1. The average molecular weight is 485 g/mol. The highest BCUT2D eigenvalue weighted by Gasteiger charge is 2.57. The number of fused-ring (bicyclic) bond motifs is 1. The highest BCUT2D eigenvalue weighted by atomic mass is 32.2. The van der Waals surface area contributed by atoms with Crippen molar-refractivity contribution in [1.29, 1.82) is 0 Å². The highest BCUT2D eigenvalue weighted by molar-refractivity contribution is 7.92. The molecule has 0 saturated heterocycles. The summed E-state index contributed by atoms with van der Waals surface area (Å²) in [7, 11) is -3.48. The molecule has 7 rings (SSSR count). The molecule has 4 fully saturated rings. The molecular weight excluding hydrogens is 456 g/mol. The lowest BCUT2D eigenvalue weighted by molar-refractivity contribution is 0.0907. The number of tetrazole rings is 1. The van der Waals surface area contributed by atoms with E-state index in [2.05, 4.69) is 30.4 Å². The maximum atomic E-state index is 13.2.